The fourth-order valence-electron chi connectivity index (χ4n) is 2.56. The van der Waals surface area contributed by atoms with Crippen LogP contribution in [0.5, 0.6) is 0 Å². The van der Waals surface area contributed by atoms with Crippen molar-refractivity contribution < 1.29 is 27.5 Å². The Labute approximate surface area is 155 Å². The van der Waals surface area contributed by atoms with Crippen LogP contribution >= 0.6 is 15.9 Å². The fraction of sp³-hybridized carbons (Fsp3) is 0.500. The quantitative estimate of drug-likeness (QED) is 0.640. The number of cyclic esters (lactones) is 1. The van der Waals surface area contributed by atoms with Gasteiger partial charge in [-0.3, -0.25) is 9.69 Å². The van der Waals surface area contributed by atoms with Crippen molar-refractivity contribution in [3.63, 3.8) is 0 Å². The fourth-order valence-corrected chi connectivity index (χ4v) is 3.68. The van der Waals surface area contributed by atoms with Gasteiger partial charge in [-0.25, -0.2) is 13.2 Å². The van der Waals surface area contributed by atoms with E-state index in [-0.39, 0.29) is 19.6 Å². The van der Waals surface area contributed by atoms with E-state index in [1.165, 1.54) is 11.8 Å². The molecule has 25 heavy (non-hydrogen) atoms. The third-order valence-electron chi connectivity index (χ3n) is 4.16. The van der Waals surface area contributed by atoms with E-state index >= 15 is 0 Å². The molecule has 0 unspecified atom stereocenters. The van der Waals surface area contributed by atoms with Gasteiger partial charge in [0.05, 0.1) is 13.2 Å². The van der Waals surface area contributed by atoms with Crippen molar-refractivity contribution in [2.45, 2.75) is 31.1 Å². The number of hydrogen-bond acceptors (Lipinski definition) is 6. The van der Waals surface area contributed by atoms with Crippen molar-refractivity contribution >= 4 is 43.5 Å². The van der Waals surface area contributed by atoms with Gasteiger partial charge in [0.2, 0.25) is 0 Å². The molecule has 1 aromatic rings. The molecule has 9 heteroatoms. The van der Waals surface area contributed by atoms with Crippen LogP contribution in [0.15, 0.2) is 28.7 Å². The lowest BCUT2D eigenvalue weighted by Gasteiger charge is -2.27. The van der Waals surface area contributed by atoms with E-state index in [4.69, 9.17) is 9.47 Å². The summed E-state index contributed by atoms with van der Waals surface area (Å²) in [6, 6.07) is 7.06. The van der Waals surface area contributed by atoms with Gasteiger partial charge in [-0.1, -0.05) is 15.9 Å². The van der Waals surface area contributed by atoms with Gasteiger partial charge in [0.1, 0.15) is 6.10 Å². The Kier molecular flexibility index (Phi) is 5.78. The second-order valence-corrected chi connectivity index (χ2v) is 9.38. The number of amides is 1. The van der Waals surface area contributed by atoms with Gasteiger partial charge in [-0.05, 0) is 38.1 Å². The molecule has 1 heterocycles. The SMILES string of the molecule is CCOC(=O)[C@@](C)(C[C@H]1CN(c2ccc(Br)cc2)C(=O)O1)S(C)(=O)=O. The Hall–Kier alpha value is -1.61. The number of sulfone groups is 1. The third kappa shape index (κ3) is 4.14. The summed E-state index contributed by atoms with van der Waals surface area (Å²) in [7, 11) is -3.77. The van der Waals surface area contributed by atoms with Gasteiger partial charge in [0.25, 0.3) is 0 Å². The van der Waals surface area contributed by atoms with E-state index in [0.717, 1.165) is 10.7 Å². The Morgan fingerprint density at radius 1 is 1.40 bits per heavy atom. The number of hydrogen-bond donors (Lipinski definition) is 0. The average Bonchev–Trinajstić information content (AvgIpc) is 2.87. The Morgan fingerprint density at radius 2 is 2.00 bits per heavy atom. The number of benzene rings is 1. The Morgan fingerprint density at radius 3 is 2.52 bits per heavy atom. The first-order valence-electron chi connectivity index (χ1n) is 7.69. The van der Waals surface area contributed by atoms with Crippen LogP contribution in [0.4, 0.5) is 10.5 Å². The summed E-state index contributed by atoms with van der Waals surface area (Å²) in [5, 5.41) is 0. The molecule has 1 aromatic carbocycles. The lowest BCUT2D eigenvalue weighted by Crippen LogP contribution is -2.47. The summed E-state index contributed by atoms with van der Waals surface area (Å²) in [5.74, 6) is -0.837. The molecule has 2 atom stereocenters. The van der Waals surface area contributed by atoms with Gasteiger partial charge >= 0.3 is 12.1 Å². The molecule has 0 aromatic heterocycles. The zero-order valence-electron chi connectivity index (χ0n) is 14.2. The molecule has 138 valence electrons. The summed E-state index contributed by atoms with van der Waals surface area (Å²) < 4.78 is 33.6. The van der Waals surface area contributed by atoms with Crippen molar-refractivity contribution in [3.05, 3.63) is 28.7 Å². The summed E-state index contributed by atoms with van der Waals surface area (Å²) in [6.45, 7) is 3.13. The molecule has 1 amide bonds. The Balaban J connectivity index is 2.20. The molecule has 1 aliphatic heterocycles. The van der Waals surface area contributed by atoms with Crippen molar-refractivity contribution in [1.29, 1.82) is 0 Å². The molecule has 0 aliphatic carbocycles. The lowest BCUT2D eigenvalue weighted by atomic mass is 10.0. The minimum atomic E-state index is -3.77. The van der Waals surface area contributed by atoms with Crippen molar-refractivity contribution in [1.82, 2.24) is 0 Å². The van der Waals surface area contributed by atoms with Crippen molar-refractivity contribution in [2.24, 2.45) is 0 Å². The Bertz CT molecular complexity index is 763. The van der Waals surface area contributed by atoms with E-state index < -0.39 is 32.8 Å². The molecule has 0 N–H and O–H groups in total. The predicted octanol–water partition coefficient (Wildman–Crippen LogP) is 2.53. The molecule has 1 aliphatic rings. The van der Waals surface area contributed by atoms with Crippen LogP contribution in [0, 0.1) is 0 Å². The topological polar surface area (TPSA) is 90.0 Å². The second kappa shape index (κ2) is 7.33. The van der Waals surface area contributed by atoms with Crippen LogP contribution < -0.4 is 4.90 Å². The predicted molar refractivity (Wildman–Crippen MR) is 96.3 cm³/mol. The molecule has 0 saturated carbocycles. The lowest BCUT2D eigenvalue weighted by molar-refractivity contribution is -0.146. The highest BCUT2D eigenvalue weighted by Gasteiger charge is 2.49. The van der Waals surface area contributed by atoms with E-state index in [1.54, 1.807) is 31.2 Å². The van der Waals surface area contributed by atoms with Gasteiger partial charge < -0.3 is 9.47 Å². The second-order valence-electron chi connectivity index (χ2n) is 6.02. The highest BCUT2D eigenvalue weighted by Crippen LogP contribution is 2.31. The standard InChI is InChI=1S/C16H20BrNO6S/c1-4-23-14(19)16(2,25(3,21)22)9-13-10-18(15(20)24-13)12-7-5-11(17)6-8-12/h5-8,13H,4,9-10H2,1-3H3/t13-,16+/m0/s1. The van der Waals surface area contributed by atoms with Crippen LogP contribution in [0.1, 0.15) is 20.3 Å². The average molecular weight is 434 g/mol. The van der Waals surface area contributed by atoms with Crippen LogP contribution in [0.2, 0.25) is 0 Å². The number of ether oxygens (including phenoxy) is 2. The molecular weight excluding hydrogens is 414 g/mol. The van der Waals surface area contributed by atoms with Crippen molar-refractivity contribution in [3.8, 4) is 0 Å². The highest BCUT2D eigenvalue weighted by molar-refractivity contribution is 9.10. The minimum Gasteiger partial charge on any atom is -0.465 e. The molecule has 1 fully saturated rings. The van der Waals surface area contributed by atoms with Crippen molar-refractivity contribution in [2.75, 3.05) is 24.3 Å². The summed E-state index contributed by atoms with van der Waals surface area (Å²) in [5.41, 5.74) is 0.632. The maximum Gasteiger partial charge on any atom is 0.414 e. The molecule has 7 nitrogen and oxygen atoms in total. The molecular formula is C16H20BrNO6S. The van der Waals surface area contributed by atoms with E-state index in [9.17, 15) is 18.0 Å². The number of esters is 1. The molecule has 1 saturated heterocycles. The highest BCUT2D eigenvalue weighted by atomic mass is 79.9. The number of rotatable bonds is 6. The van der Waals surface area contributed by atoms with Crippen LogP contribution in [-0.4, -0.2) is 50.7 Å². The number of carbonyl (C=O) groups is 2. The van der Waals surface area contributed by atoms with E-state index in [0.29, 0.717) is 5.69 Å². The normalized spacial score (nSPS) is 20.1. The summed E-state index contributed by atoms with van der Waals surface area (Å²) in [6.07, 6.45) is -0.497. The number of nitrogens with zero attached hydrogens (tertiary/aromatic N) is 1. The van der Waals surface area contributed by atoms with Crippen LogP contribution in [0.25, 0.3) is 0 Å². The molecule has 0 spiro atoms. The number of anilines is 1. The summed E-state index contributed by atoms with van der Waals surface area (Å²) >= 11 is 3.32. The first-order chi connectivity index (χ1) is 11.6. The van der Waals surface area contributed by atoms with Gasteiger partial charge in [-0.15, -0.1) is 0 Å². The van der Waals surface area contributed by atoms with E-state index in [1.807, 2.05) is 0 Å². The maximum atomic E-state index is 12.2. The first-order valence-corrected chi connectivity index (χ1v) is 10.4. The zero-order chi connectivity index (χ0) is 18.8. The molecule has 0 radical (unpaired) electrons. The maximum absolute atomic E-state index is 12.2. The monoisotopic (exact) mass is 433 g/mol. The first kappa shape index (κ1) is 19.7. The largest absolute Gasteiger partial charge is 0.465 e. The van der Waals surface area contributed by atoms with Gasteiger partial charge in [-0.2, -0.15) is 0 Å². The van der Waals surface area contributed by atoms with Gasteiger partial charge in [0.15, 0.2) is 14.6 Å². The molecule has 0 bridgehead atoms. The summed E-state index contributed by atoms with van der Waals surface area (Å²) in [4.78, 5) is 25.7. The number of halogens is 1. The minimum absolute atomic E-state index is 0.0689. The van der Waals surface area contributed by atoms with Gasteiger partial charge in [0, 0.05) is 22.8 Å². The van der Waals surface area contributed by atoms with Crippen LogP contribution in [-0.2, 0) is 24.1 Å². The van der Waals surface area contributed by atoms with E-state index in [2.05, 4.69) is 15.9 Å². The smallest absolute Gasteiger partial charge is 0.414 e. The van der Waals surface area contributed by atoms with Crippen LogP contribution in [0.3, 0.4) is 0 Å². The number of carbonyl (C=O) groups excluding carboxylic acids is 2. The zero-order valence-corrected chi connectivity index (χ0v) is 16.6. The molecule has 2 rings (SSSR count). The third-order valence-corrected chi connectivity index (χ3v) is 6.65.